The minimum absolute atomic E-state index is 0.312. The van der Waals surface area contributed by atoms with Gasteiger partial charge < -0.3 is 0 Å². The van der Waals surface area contributed by atoms with Crippen LogP contribution in [0, 0.1) is 11.3 Å². The molecule has 4 aromatic rings. The number of pyridine rings is 2. The van der Waals surface area contributed by atoms with Gasteiger partial charge in [-0.05, 0) is 30.3 Å². The van der Waals surface area contributed by atoms with Gasteiger partial charge in [0.2, 0.25) is 0 Å². The maximum absolute atomic E-state index is 12.6. The van der Waals surface area contributed by atoms with Crippen molar-refractivity contribution >= 4 is 22.4 Å². The summed E-state index contributed by atoms with van der Waals surface area (Å²) in [6, 6.07) is 12.3. The molecule has 0 unspecified atom stereocenters. The fourth-order valence-corrected chi connectivity index (χ4v) is 3.12. The lowest BCUT2D eigenvalue weighted by Crippen LogP contribution is -2.16. The highest BCUT2D eigenvalue weighted by Gasteiger charge is 2.16. The number of aromatic nitrogens is 5. The van der Waals surface area contributed by atoms with E-state index in [1.54, 1.807) is 60.4 Å². The lowest BCUT2D eigenvalue weighted by molar-refractivity contribution is 0.101. The minimum Gasteiger partial charge on any atom is -0.296 e. The van der Waals surface area contributed by atoms with Gasteiger partial charge >= 0.3 is 0 Å². The number of anilines is 1. The molecule has 0 atom stereocenters. The highest BCUT2D eigenvalue weighted by molar-refractivity contribution is 7.14. The zero-order chi connectivity index (χ0) is 18.6. The summed E-state index contributed by atoms with van der Waals surface area (Å²) in [5.74, 6) is -0.330. The second-order valence-corrected chi connectivity index (χ2v) is 6.20. The molecule has 8 nitrogen and oxygen atoms in total. The summed E-state index contributed by atoms with van der Waals surface area (Å²) in [6.07, 6.45) is 4.82. The third kappa shape index (κ3) is 3.42. The van der Waals surface area contributed by atoms with Gasteiger partial charge in [-0.2, -0.15) is 10.4 Å². The second-order valence-electron chi connectivity index (χ2n) is 5.35. The Morgan fingerprint density at radius 1 is 1.07 bits per heavy atom. The number of amides is 1. The zero-order valence-electron chi connectivity index (χ0n) is 13.8. The monoisotopic (exact) mass is 373 g/mol. The lowest BCUT2D eigenvalue weighted by Gasteiger charge is -2.06. The van der Waals surface area contributed by atoms with Crippen LogP contribution in [-0.2, 0) is 0 Å². The fraction of sp³-hybridized carbons (Fsp3) is 0. The van der Waals surface area contributed by atoms with E-state index in [9.17, 15) is 4.79 Å². The van der Waals surface area contributed by atoms with Crippen molar-refractivity contribution in [3.8, 4) is 23.1 Å². The van der Waals surface area contributed by atoms with Crippen molar-refractivity contribution in [2.45, 2.75) is 0 Å². The predicted molar refractivity (Wildman–Crippen MR) is 99.4 cm³/mol. The van der Waals surface area contributed by atoms with Crippen LogP contribution in [0.1, 0.15) is 16.2 Å². The molecular weight excluding hydrogens is 362 g/mol. The van der Waals surface area contributed by atoms with Gasteiger partial charge in [-0.3, -0.25) is 15.1 Å². The van der Waals surface area contributed by atoms with E-state index in [1.807, 2.05) is 6.07 Å². The summed E-state index contributed by atoms with van der Waals surface area (Å²) in [7, 11) is 0. The molecule has 0 saturated heterocycles. The van der Waals surface area contributed by atoms with Gasteiger partial charge in [0.05, 0.1) is 17.6 Å². The lowest BCUT2D eigenvalue weighted by atomic mass is 10.2. The van der Waals surface area contributed by atoms with E-state index in [0.717, 1.165) is 5.69 Å². The molecule has 4 aromatic heterocycles. The second kappa shape index (κ2) is 7.15. The predicted octanol–water partition coefficient (Wildman–Crippen LogP) is 2.91. The van der Waals surface area contributed by atoms with Gasteiger partial charge in [0.15, 0.2) is 5.13 Å². The molecule has 0 aromatic carbocycles. The Kier molecular flexibility index (Phi) is 4.38. The number of hydrogen-bond donors (Lipinski definition) is 1. The fourth-order valence-electron chi connectivity index (χ4n) is 2.42. The molecule has 130 valence electrons. The number of nitriles is 1. The molecule has 0 bridgehead atoms. The molecule has 0 aliphatic heterocycles. The average molecular weight is 373 g/mol. The third-order valence-corrected chi connectivity index (χ3v) is 4.39. The number of hydrogen-bond acceptors (Lipinski definition) is 7. The van der Waals surface area contributed by atoms with E-state index in [-0.39, 0.29) is 5.91 Å². The van der Waals surface area contributed by atoms with E-state index in [2.05, 4.69) is 25.4 Å². The molecule has 0 aliphatic rings. The number of carbonyl (C=O) groups excluding carboxylic acids is 1. The van der Waals surface area contributed by atoms with Crippen molar-refractivity contribution in [3.05, 3.63) is 71.8 Å². The van der Waals surface area contributed by atoms with E-state index >= 15 is 0 Å². The number of thiazole rings is 1. The van der Waals surface area contributed by atoms with Crippen molar-refractivity contribution in [1.82, 2.24) is 24.7 Å². The summed E-state index contributed by atoms with van der Waals surface area (Å²) >= 11 is 1.28. The van der Waals surface area contributed by atoms with Crippen LogP contribution in [0.2, 0.25) is 0 Å². The Labute approximate surface area is 157 Å². The summed E-state index contributed by atoms with van der Waals surface area (Å²) < 4.78 is 1.53. The summed E-state index contributed by atoms with van der Waals surface area (Å²) in [5.41, 5.74) is 2.59. The first-order chi connectivity index (χ1) is 13.2. The van der Waals surface area contributed by atoms with Crippen LogP contribution in [0.3, 0.4) is 0 Å². The van der Waals surface area contributed by atoms with Crippen molar-refractivity contribution < 1.29 is 4.79 Å². The molecule has 0 fully saturated rings. The number of nitrogens with one attached hydrogen (secondary N) is 1. The van der Waals surface area contributed by atoms with Gasteiger partial charge in [0.25, 0.3) is 5.91 Å². The highest BCUT2D eigenvalue weighted by Crippen LogP contribution is 2.24. The topological polar surface area (TPSA) is 109 Å². The van der Waals surface area contributed by atoms with Crippen LogP contribution in [0.5, 0.6) is 0 Å². The SMILES string of the molecule is N#Cc1cccc(-c2csc(NC(=O)c3ccnn3-c3ccncc3)n2)n1. The Bertz CT molecular complexity index is 1140. The van der Waals surface area contributed by atoms with Crippen molar-refractivity contribution in [2.24, 2.45) is 0 Å². The first-order valence-corrected chi connectivity index (χ1v) is 8.71. The zero-order valence-corrected chi connectivity index (χ0v) is 14.6. The minimum atomic E-state index is -0.330. The molecule has 4 heterocycles. The Morgan fingerprint density at radius 2 is 1.93 bits per heavy atom. The Morgan fingerprint density at radius 3 is 2.74 bits per heavy atom. The van der Waals surface area contributed by atoms with Gasteiger partial charge in [0, 0.05) is 17.8 Å². The molecule has 0 aliphatic carbocycles. The maximum Gasteiger partial charge on any atom is 0.276 e. The first-order valence-electron chi connectivity index (χ1n) is 7.83. The Balaban J connectivity index is 1.56. The van der Waals surface area contributed by atoms with Crippen LogP contribution in [-0.4, -0.2) is 30.6 Å². The molecule has 4 rings (SSSR count). The van der Waals surface area contributed by atoms with Gasteiger partial charge in [-0.25, -0.2) is 14.6 Å². The number of nitrogens with zero attached hydrogens (tertiary/aromatic N) is 6. The standard InChI is InChI=1S/C18H11N7OS/c19-10-12-2-1-3-14(22-12)15-11-27-18(23-15)24-17(26)16-6-9-21-25(16)13-4-7-20-8-5-13/h1-9,11H,(H,23,24,26). The van der Waals surface area contributed by atoms with Crippen molar-refractivity contribution in [2.75, 3.05) is 5.32 Å². The van der Waals surface area contributed by atoms with Crippen LogP contribution in [0.25, 0.3) is 17.1 Å². The molecule has 0 radical (unpaired) electrons. The van der Waals surface area contributed by atoms with Gasteiger partial charge in [0.1, 0.15) is 23.2 Å². The quantitative estimate of drug-likeness (QED) is 0.589. The Hall–Kier alpha value is -3.90. The van der Waals surface area contributed by atoms with Crippen LogP contribution in [0.4, 0.5) is 5.13 Å². The van der Waals surface area contributed by atoms with Crippen molar-refractivity contribution in [1.29, 1.82) is 5.26 Å². The van der Waals surface area contributed by atoms with Crippen molar-refractivity contribution in [3.63, 3.8) is 0 Å². The normalized spacial score (nSPS) is 10.3. The molecule has 1 N–H and O–H groups in total. The summed E-state index contributed by atoms with van der Waals surface area (Å²) in [5, 5.41) is 18.1. The third-order valence-electron chi connectivity index (χ3n) is 3.63. The molecule has 0 spiro atoms. The average Bonchev–Trinajstić information content (AvgIpc) is 3.38. The van der Waals surface area contributed by atoms with Crippen LogP contribution >= 0.6 is 11.3 Å². The smallest absolute Gasteiger partial charge is 0.276 e. The van der Waals surface area contributed by atoms with Gasteiger partial charge in [-0.15, -0.1) is 11.3 Å². The summed E-state index contributed by atoms with van der Waals surface area (Å²) in [4.78, 5) is 25.2. The molecule has 27 heavy (non-hydrogen) atoms. The molecule has 1 amide bonds. The van der Waals surface area contributed by atoms with E-state index in [4.69, 9.17) is 5.26 Å². The largest absolute Gasteiger partial charge is 0.296 e. The van der Waals surface area contributed by atoms with Crippen LogP contribution < -0.4 is 5.32 Å². The van der Waals surface area contributed by atoms with E-state index in [1.165, 1.54) is 16.0 Å². The van der Waals surface area contributed by atoms with Gasteiger partial charge in [-0.1, -0.05) is 6.07 Å². The van der Waals surface area contributed by atoms with E-state index in [0.29, 0.717) is 27.9 Å². The number of rotatable bonds is 4. The molecule has 0 saturated carbocycles. The van der Waals surface area contributed by atoms with E-state index < -0.39 is 0 Å². The highest BCUT2D eigenvalue weighted by atomic mass is 32.1. The molecule has 9 heteroatoms. The maximum atomic E-state index is 12.6. The van der Waals surface area contributed by atoms with Crippen LogP contribution in [0.15, 0.2) is 60.4 Å². The molecular formula is C18H11N7OS. The summed E-state index contributed by atoms with van der Waals surface area (Å²) in [6.45, 7) is 0. The number of carbonyl (C=O) groups is 1. The first kappa shape index (κ1) is 16.6.